The largest absolute Gasteiger partial charge is 0.337 e. The number of hydrogen-bond donors (Lipinski definition) is 2. The van der Waals surface area contributed by atoms with Gasteiger partial charge in [0.05, 0.1) is 12.0 Å². The summed E-state index contributed by atoms with van der Waals surface area (Å²) in [6.45, 7) is 5.69. The Morgan fingerprint density at radius 1 is 1.26 bits per heavy atom. The average Bonchev–Trinajstić information content (AvgIpc) is 2.60. The number of amides is 2. The molecule has 5 heteroatoms. The van der Waals surface area contributed by atoms with E-state index in [1.54, 1.807) is 6.92 Å². The molecule has 1 heterocycles. The molecule has 0 aromatic heterocycles. The number of carbonyl (C=O) groups excluding carboxylic acids is 1. The number of hydrogen-bond acceptors (Lipinski definition) is 3. The van der Waals surface area contributed by atoms with Crippen LogP contribution < -0.4 is 10.6 Å². The van der Waals surface area contributed by atoms with Gasteiger partial charge in [0.15, 0.2) is 0 Å². The summed E-state index contributed by atoms with van der Waals surface area (Å²) in [6.07, 6.45) is 5.06. The van der Waals surface area contributed by atoms with Gasteiger partial charge < -0.3 is 15.5 Å². The number of likely N-dealkylation sites (tertiary alicyclic amines) is 1. The Bertz CT molecular complexity index is 529. The van der Waals surface area contributed by atoms with Crippen LogP contribution in [0.5, 0.6) is 0 Å². The molecule has 2 rings (SSSR count). The molecule has 1 fully saturated rings. The van der Waals surface area contributed by atoms with Crippen LogP contribution in [0.25, 0.3) is 0 Å². The molecule has 2 N–H and O–H groups in total. The van der Waals surface area contributed by atoms with Gasteiger partial charge in [0.25, 0.3) is 0 Å². The second-order valence-electron chi connectivity index (χ2n) is 6.21. The van der Waals surface area contributed by atoms with Gasteiger partial charge in [-0.3, -0.25) is 0 Å². The van der Waals surface area contributed by atoms with E-state index in [2.05, 4.69) is 33.7 Å². The number of piperidine rings is 1. The Morgan fingerprint density at radius 2 is 1.96 bits per heavy atom. The second kappa shape index (κ2) is 9.16. The fourth-order valence-electron chi connectivity index (χ4n) is 2.69. The third-order valence-electron chi connectivity index (χ3n) is 4.17. The van der Waals surface area contributed by atoms with E-state index in [9.17, 15) is 4.79 Å². The fraction of sp³-hybridized carbons (Fsp3) is 0.556. The number of anilines is 1. The smallest absolute Gasteiger partial charge is 0.319 e. The minimum Gasteiger partial charge on any atom is -0.337 e. The third-order valence-corrected chi connectivity index (χ3v) is 4.17. The first-order chi connectivity index (χ1) is 11.2. The lowest BCUT2D eigenvalue weighted by Gasteiger charge is -2.26. The molecule has 0 aliphatic carbocycles. The molecule has 0 radical (unpaired) electrons. The molecule has 1 aliphatic heterocycles. The maximum Gasteiger partial charge on any atom is 0.319 e. The zero-order valence-electron chi connectivity index (χ0n) is 13.8. The standard InChI is InChI=1S/C18H26N4O/c1-15(13-19)14-20-18(23)21-17-7-5-16(6-8-17)9-12-22-10-3-2-4-11-22/h5-8,15H,2-4,9-12,14H2,1H3,(H2,20,21,23). The highest BCUT2D eigenvalue weighted by Crippen LogP contribution is 2.13. The lowest BCUT2D eigenvalue weighted by molar-refractivity contribution is 0.231. The van der Waals surface area contributed by atoms with Gasteiger partial charge in [-0.25, -0.2) is 4.79 Å². The van der Waals surface area contributed by atoms with E-state index in [1.807, 2.05) is 12.1 Å². The van der Waals surface area contributed by atoms with Crippen molar-refractivity contribution in [2.24, 2.45) is 5.92 Å². The van der Waals surface area contributed by atoms with E-state index in [-0.39, 0.29) is 11.9 Å². The molecule has 124 valence electrons. The zero-order valence-corrected chi connectivity index (χ0v) is 13.8. The Hall–Kier alpha value is -2.06. The maximum atomic E-state index is 11.7. The van der Waals surface area contributed by atoms with E-state index in [1.165, 1.54) is 37.9 Å². The Kier molecular flexibility index (Phi) is 6.89. The summed E-state index contributed by atoms with van der Waals surface area (Å²) in [5.74, 6) is -0.182. The summed E-state index contributed by atoms with van der Waals surface area (Å²) >= 11 is 0. The van der Waals surface area contributed by atoms with Gasteiger partial charge in [-0.1, -0.05) is 18.6 Å². The summed E-state index contributed by atoms with van der Waals surface area (Å²) in [5.41, 5.74) is 2.06. The monoisotopic (exact) mass is 314 g/mol. The van der Waals surface area contributed by atoms with Gasteiger partial charge >= 0.3 is 6.03 Å². The highest BCUT2D eigenvalue weighted by atomic mass is 16.2. The van der Waals surface area contributed by atoms with Crippen LogP contribution in [0, 0.1) is 17.2 Å². The van der Waals surface area contributed by atoms with Crippen molar-refractivity contribution in [1.82, 2.24) is 10.2 Å². The van der Waals surface area contributed by atoms with Crippen LogP contribution in [-0.4, -0.2) is 37.1 Å². The van der Waals surface area contributed by atoms with Crippen molar-refractivity contribution < 1.29 is 4.79 Å². The van der Waals surface area contributed by atoms with Gasteiger partial charge in [-0.2, -0.15) is 5.26 Å². The fourth-order valence-corrected chi connectivity index (χ4v) is 2.69. The van der Waals surface area contributed by atoms with Crippen molar-refractivity contribution in [2.75, 3.05) is 31.5 Å². The van der Waals surface area contributed by atoms with Crippen molar-refractivity contribution in [1.29, 1.82) is 5.26 Å². The van der Waals surface area contributed by atoms with Gasteiger partial charge in [-0.05, 0) is 57.0 Å². The highest BCUT2D eigenvalue weighted by molar-refractivity contribution is 5.89. The summed E-state index contributed by atoms with van der Waals surface area (Å²) in [5, 5.41) is 14.2. The topological polar surface area (TPSA) is 68.2 Å². The molecule has 1 aliphatic rings. The van der Waals surface area contributed by atoms with Gasteiger partial charge in [-0.15, -0.1) is 0 Å². The summed E-state index contributed by atoms with van der Waals surface area (Å²) in [4.78, 5) is 14.2. The molecule has 1 aromatic rings. The maximum absolute atomic E-state index is 11.7. The van der Waals surface area contributed by atoms with E-state index in [0.717, 1.165) is 18.7 Å². The molecule has 1 aromatic carbocycles. The van der Waals surface area contributed by atoms with Crippen LogP contribution in [0.1, 0.15) is 31.7 Å². The van der Waals surface area contributed by atoms with Crippen molar-refractivity contribution in [2.45, 2.75) is 32.6 Å². The Morgan fingerprint density at radius 3 is 2.61 bits per heavy atom. The first-order valence-electron chi connectivity index (χ1n) is 8.43. The minimum absolute atomic E-state index is 0.182. The average molecular weight is 314 g/mol. The first-order valence-corrected chi connectivity index (χ1v) is 8.43. The number of carbonyl (C=O) groups is 1. The molecular weight excluding hydrogens is 288 g/mol. The number of urea groups is 1. The summed E-state index contributed by atoms with van der Waals surface area (Å²) in [6, 6.07) is 9.81. The minimum atomic E-state index is -0.270. The van der Waals surface area contributed by atoms with Gasteiger partial charge in [0.1, 0.15) is 0 Å². The van der Waals surface area contributed by atoms with Crippen LogP contribution in [0.3, 0.4) is 0 Å². The molecular formula is C18H26N4O. The number of benzene rings is 1. The van der Waals surface area contributed by atoms with Crippen LogP contribution in [0.15, 0.2) is 24.3 Å². The van der Waals surface area contributed by atoms with E-state index in [4.69, 9.17) is 5.26 Å². The number of rotatable bonds is 6. The SMILES string of the molecule is CC(C#N)CNC(=O)Nc1ccc(CCN2CCCCC2)cc1. The van der Waals surface area contributed by atoms with Crippen LogP contribution in [0.4, 0.5) is 10.5 Å². The molecule has 5 nitrogen and oxygen atoms in total. The second-order valence-corrected chi connectivity index (χ2v) is 6.21. The van der Waals surface area contributed by atoms with E-state index >= 15 is 0 Å². The Balaban J connectivity index is 1.73. The Labute approximate surface area is 138 Å². The molecule has 0 spiro atoms. The van der Waals surface area contributed by atoms with Gasteiger partial charge in [0, 0.05) is 18.8 Å². The van der Waals surface area contributed by atoms with Crippen LogP contribution in [-0.2, 0) is 6.42 Å². The zero-order chi connectivity index (χ0) is 16.5. The van der Waals surface area contributed by atoms with E-state index in [0.29, 0.717) is 6.54 Å². The molecule has 1 atom stereocenters. The first kappa shape index (κ1) is 17.3. The van der Waals surface area contributed by atoms with E-state index < -0.39 is 0 Å². The molecule has 1 unspecified atom stereocenters. The lowest BCUT2D eigenvalue weighted by Crippen LogP contribution is -2.32. The van der Waals surface area contributed by atoms with Crippen LogP contribution in [0.2, 0.25) is 0 Å². The third kappa shape index (κ3) is 6.29. The molecule has 23 heavy (non-hydrogen) atoms. The molecule has 0 saturated carbocycles. The predicted octanol–water partition coefficient (Wildman–Crippen LogP) is 3.00. The van der Waals surface area contributed by atoms with Crippen molar-refractivity contribution in [3.8, 4) is 6.07 Å². The molecule has 2 amide bonds. The lowest BCUT2D eigenvalue weighted by atomic mass is 10.1. The molecule has 0 bridgehead atoms. The van der Waals surface area contributed by atoms with Crippen molar-refractivity contribution in [3.05, 3.63) is 29.8 Å². The van der Waals surface area contributed by atoms with Crippen molar-refractivity contribution in [3.63, 3.8) is 0 Å². The summed E-state index contributed by atoms with van der Waals surface area (Å²) < 4.78 is 0. The quantitative estimate of drug-likeness (QED) is 0.848. The number of nitrogens with one attached hydrogen (secondary N) is 2. The van der Waals surface area contributed by atoms with Gasteiger partial charge in [0.2, 0.25) is 0 Å². The normalized spacial score (nSPS) is 16.3. The molecule has 1 saturated heterocycles. The number of nitriles is 1. The summed E-state index contributed by atoms with van der Waals surface area (Å²) in [7, 11) is 0. The highest BCUT2D eigenvalue weighted by Gasteiger charge is 2.09. The van der Waals surface area contributed by atoms with Crippen molar-refractivity contribution >= 4 is 11.7 Å². The predicted molar refractivity (Wildman–Crippen MR) is 92.2 cm³/mol. The number of nitrogens with zero attached hydrogens (tertiary/aromatic N) is 2. The van der Waals surface area contributed by atoms with Crippen LogP contribution >= 0.6 is 0 Å².